The van der Waals surface area contributed by atoms with Crippen LogP contribution in [0.5, 0.6) is 11.5 Å². The summed E-state index contributed by atoms with van der Waals surface area (Å²) < 4.78 is 12.9. The normalized spacial score (nSPS) is 14.1. The Labute approximate surface area is 211 Å². The molecule has 1 amide bonds. The van der Waals surface area contributed by atoms with E-state index in [0.717, 1.165) is 35.5 Å². The molecule has 1 aliphatic rings. The van der Waals surface area contributed by atoms with E-state index < -0.39 is 0 Å². The van der Waals surface area contributed by atoms with Crippen molar-refractivity contribution in [2.45, 2.75) is 26.8 Å². The van der Waals surface area contributed by atoms with E-state index in [0.29, 0.717) is 49.9 Å². The summed E-state index contributed by atoms with van der Waals surface area (Å²) in [5.41, 5.74) is 4.30. The molecule has 0 radical (unpaired) electrons. The Morgan fingerprint density at radius 2 is 1.72 bits per heavy atom. The van der Waals surface area contributed by atoms with Crippen LogP contribution in [0, 0.1) is 13.8 Å². The number of hydrogen-bond acceptors (Lipinski definition) is 7. The van der Waals surface area contributed by atoms with E-state index in [1.54, 1.807) is 25.3 Å². The first-order chi connectivity index (χ1) is 17.4. The average Bonchev–Trinajstić information content (AvgIpc) is 3.20. The molecule has 4 rings (SSSR count). The smallest absolute Gasteiger partial charge is 0.274 e. The number of piperazine rings is 1. The van der Waals surface area contributed by atoms with Gasteiger partial charge in [0, 0.05) is 62.1 Å². The van der Waals surface area contributed by atoms with Crippen molar-refractivity contribution in [3.63, 3.8) is 0 Å². The zero-order chi connectivity index (χ0) is 25.7. The Bertz CT molecular complexity index is 1220. The van der Waals surface area contributed by atoms with Crippen molar-refractivity contribution in [3.05, 3.63) is 71.1 Å². The third-order valence-corrected chi connectivity index (χ3v) is 6.76. The summed E-state index contributed by atoms with van der Waals surface area (Å²) >= 11 is 0. The van der Waals surface area contributed by atoms with Crippen molar-refractivity contribution < 1.29 is 19.1 Å². The van der Waals surface area contributed by atoms with Gasteiger partial charge in [-0.05, 0) is 44.0 Å². The van der Waals surface area contributed by atoms with Gasteiger partial charge in [-0.3, -0.25) is 19.5 Å². The molecule has 3 aromatic rings. The fraction of sp³-hybridized carbons (Fsp3) is 0.407. The van der Waals surface area contributed by atoms with E-state index in [4.69, 9.17) is 9.47 Å². The average molecular weight is 492 g/mol. The molecule has 36 heavy (non-hydrogen) atoms. The van der Waals surface area contributed by atoms with Crippen LogP contribution in [0.4, 0.5) is 0 Å². The quantitative estimate of drug-likeness (QED) is 0.425. The number of ketones is 1. The molecule has 2 aromatic heterocycles. The monoisotopic (exact) mass is 491 g/mol. The van der Waals surface area contributed by atoms with Gasteiger partial charge < -0.3 is 18.9 Å². The second kappa shape index (κ2) is 11.3. The lowest BCUT2D eigenvalue weighted by Crippen LogP contribution is -2.50. The number of carbonyl (C=O) groups is 2. The number of methoxy groups -OCH3 is 2. The van der Waals surface area contributed by atoms with Crippen LogP contribution >= 0.6 is 0 Å². The number of aryl methyl sites for hydroxylation is 2. The third-order valence-electron chi connectivity index (χ3n) is 6.76. The molecule has 190 valence electrons. The molecule has 0 unspecified atom stereocenters. The number of ether oxygens (including phenoxy) is 2. The molecule has 1 fully saturated rings. The molecule has 0 bridgehead atoms. The number of rotatable bonds is 9. The van der Waals surface area contributed by atoms with E-state index in [2.05, 4.69) is 19.4 Å². The molecule has 1 aliphatic heterocycles. The highest BCUT2D eigenvalue weighted by Crippen LogP contribution is 2.28. The van der Waals surface area contributed by atoms with Gasteiger partial charge in [-0.1, -0.05) is 6.07 Å². The molecule has 0 N–H and O–H groups in total. The summed E-state index contributed by atoms with van der Waals surface area (Å²) in [5.74, 6) is 1.41. The minimum absolute atomic E-state index is 0.106. The van der Waals surface area contributed by atoms with E-state index in [9.17, 15) is 9.59 Å². The molecule has 0 spiro atoms. The Kier molecular flexibility index (Phi) is 8.00. The van der Waals surface area contributed by atoms with Gasteiger partial charge in [0.2, 0.25) is 0 Å². The number of hydrogen-bond donors (Lipinski definition) is 0. The molecule has 0 atom stereocenters. The molecule has 1 aromatic carbocycles. The molecular weight excluding hydrogens is 458 g/mol. The maximum Gasteiger partial charge on any atom is 0.274 e. The number of Topliss-reactive ketones (excluding diaryl/α,β-unsaturated/α-hetero) is 1. The first-order valence-corrected chi connectivity index (χ1v) is 12.1. The van der Waals surface area contributed by atoms with Gasteiger partial charge in [-0.25, -0.2) is 4.98 Å². The lowest BCUT2D eigenvalue weighted by Gasteiger charge is -2.34. The van der Waals surface area contributed by atoms with Crippen molar-refractivity contribution in [1.82, 2.24) is 24.3 Å². The van der Waals surface area contributed by atoms with E-state index in [-0.39, 0.29) is 11.7 Å². The van der Waals surface area contributed by atoms with Crippen LogP contribution in [0.2, 0.25) is 0 Å². The Balaban J connectivity index is 1.34. The van der Waals surface area contributed by atoms with Crippen molar-refractivity contribution in [1.29, 1.82) is 0 Å². The van der Waals surface area contributed by atoms with Gasteiger partial charge >= 0.3 is 0 Å². The summed E-state index contributed by atoms with van der Waals surface area (Å²) in [6, 6.07) is 7.93. The second-order valence-corrected chi connectivity index (χ2v) is 8.96. The summed E-state index contributed by atoms with van der Waals surface area (Å²) in [5, 5.41) is 0. The van der Waals surface area contributed by atoms with E-state index in [1.165, 1.54) is 12.4 Å². The van der Waals surface area contributed by atoms with Crippen LogP contribution in [0.1, 0.15) is 37.8 Å². The van der Waals surface area contributed by atoms with E-state index in [1.807, 2.05) is 38.1 Å². The zero-order valence-electron chi connectivity index (χ0n) is 21.4. The predicted molar refractivity (Wildman–Crippen MR) is 136 cm³/mol. The predicted octanol–water partition coefficient (Wildman–Crippen LogP) is 2.80. The number of amides is 1. The van der Waals surface area contributed by atoms with Gasteiger partial charge in [-0.2, -0.15) is 0 Å². The largest absolute Gasteiger partial charge is 0.493 e. The Morgan fingerprint density at radius 1 is 0.972 bits per heavy atom. The summed E-state index contributed by atoms with van der Waals surface area (Å²) in [6.45, 7) is 7.57. The van der Waals surface area contributed by atoms with Crippen molar-refractivity contribution >= 4 is 11.7 Å². The highest BCUT2D eigenvalue weighted by atomic mass is 16.5. The van der Waals surface area contributed by atoms with Gasteiger partial charge in [-0.15, -0.1) is 0 Å². The first-order valence-electron chi connectivity index (χ1n) is 12.1. The minimum Gasteiger partial charge on any atom is -0.493 e. The Morgan fingerprint density at radius 3 is 2.39 bits per heavy atom. The molecular formula is C27H33N5O4. The standard InChI is InChI=1S/C27H33N5O4/c1-19-15-22(20(2)32(19)10-7-21-5-6-25(35-3)26(16-21)36-4)24(33)18-30-11-13-31(14-12-30)27(34)23-17-28-8-9-29-23/h5-6,8-9,15-17H,7,10-14,18H2,1-4H3. The van der Waals surface area contributed by atoms with E-state index >= 15 is 0 Å². The molecule has 9 heteroatoms. The van der Waals surface area contributed by atoms with Crippen LogP contribution in [0.25, 0.3) is 0 Å². The highest BCUT2D eigenvalue weighted by Gasteiger charge is 2.25. The number of carbonyl (C=O) groups excluding carboxylic acids is 2. The zero-order valence-corrected chi connectivity index (χ0v) is 21.4. The number of nitrogens with zero attached hydrogens (tertiary/aromatic N) is 5. The van der Waals surface area contributed by atoms with Crippen LogP contribution in [-0.2, 0) is 13.0 Å². The van der Waals surface area contributed by atoms with Gasteiger partial charge in [0.25, 0.3) is 5.91 Å². The summed E-state index contributed by atoms with van der Waals surface area (Å²) in [4.78, 5) is 37.7. The second-order valence-electron chi connectivity index (χ2n) is 8.96. The number of aromatic nitrogens is 3. The summed E-state index contributed by atoms with van der Waals surface area (Å²) in [6.07, 6.45) is 5.37. The Hall–Kier alpha value is -3.72. The molecule has 3 heterocycles. The SMILES string of the molecule is COc1ccc(CCn2c(C)cc(C(=O)CN3CCN(C(=O)c4cnccn4)CC3)c2C)cc1OC. The molecule has 9 nitrogen and oxygen atoms in total. The van der Waals surface area contributed by atoms with Crippen LogP contribution in [0.3, 0.4) is 0 Å². The van der Waals surface area contributed by atoms with Crippen LogP contribution in [-0.4, -0.2) is 83.0 Å². The first kappa shape index (κ1) is 25.4. The molecule has 0 aliphatic carbocycles. The maximum absolute atomic E-state index is 13.2. The fourth-order valence-corrected chi connectivity index (χ4v) is 4.67. The summed E-state index contributed by atoms with van der Waals surface area (Å²) in [7, 11) is 3.26. The van der Waals surface area contributed by atoms with Gasteiger partial charge in [0.05, 0.1) is 27.0 Å². The maximum atomic E-state index is 13.2. The van der Waals surface area contributed by atoms with Crippen LogP contribution in [0.15, 0.2) is 42.9 Å². The minimum atomic E-state index is -0.118. The molecule has 1 saturated heterocycles. The van der Waals surface area contributed by atoms with Crippen molar-refractivity contribution in [3.8, 4) is 11.5 Å². The van der Waals surface area contributed by atoms with Crippen LogP contribution < -0.4 is 9.47 Å². The number of benzene rings is 1. The fourth-order valence-electron chi connectivity index (χ4n) is 4.67. The lowest BCUT2D eigenvalue weighted by atomic mass is 10.1. The third kappa shape index (κ3) is 5.57. The molecule has 0 saturated carbocycles. The topological polar surface area (TPSA) is 89.8 Å². The van der Waals surface area contributed by atoms with Crippen molar-refractivity contribution in [2.75, 3.05) is 46.9 Å². The van der Waals surface area contributed by atoms with Gasteiger partial charge in [0.15, 0.2) is 17.3 Å². The van der Waals surface area contributed by atoms with Crippen molar-refractivity contribution in [2.24, 2.45) is 0 Å². The van der Waals surface area contributed by atoms with Gasteiger partial charge in [0.1, 0.15) is 5.69 Å². The lowest BCUT2D eigenvalue weighted by molar-refractivity contribution is 0.0618. The highest BCUT2D eigenvalue weighted by molar-refractivity contribution is 5.99.